The number of nitrogens with one attached hydrogen (secondary N) is 1. The van der Waals surface area contributed by atoms with Gasteiger partial charge >= 0.3 is 0 Å². The standard InChI is InChI=1S/C20H22N4OS/c1-14-4-8-16(9-5-14)13-26-20-23-22-18(24(20)3)12-19(25)21-17-10-6-15(2)7-11-17/h4-11H,12-13H2,1-3H3,(H,21,25). The highest BCUT2D eigenvalue weighted by Crippen LogP contribution is 2.21. The Bertz CT molecular complexity index is 885. The Labute approximate surface area is 157 Å². The van der Waals surface area contributed by atoms with E-state index in [0.29, 0.717) is 5.82 Å². The van der Waals surface area contributed by atoms with E-state index in [2.05, 4.69) is 46.7 Å². The molecule has 0 atom stereocenters. The van der Waals surface area contributed by atoms with Crippen LogP contribution in [0.1, 0.15) is 22.5 Å². The molecule has 0 spiro atoms. The van der Waals surface area contributed by atoms with Crippen LogP contribution in [0.4, 0.5) is 5.69 Å². The van der Waals surface area contributed by atoms with Crippen LogP contribution in [0.3, 0.4) is 0 Å². The molecule has 1 heterocycles. The maximum absolute atomic E-state index is 12.2. The van der Waals surface area contributed by atoms with Gasteiger partial charge in [-0.3, -0.25) is 4.79 Å². The first-order valence-electron chi connectivity index (χ1n) is 8.44. The summed E-state index contributed by atoms with van der Waals surface area (Å²) in [5.41, 5.74) is 4.44. The molecule has 0 aliphatic rings. The summed E-state index contributed by atoms with van der Waals surface area (Å²) in [7, 11) is 1.89. The van der Waals surface area contributed by atoms with Crippen LogP contribution in [0.15, 0.2) is 53.7 Å². The minimum Gasteiger partial charge on any atom is -0.326 e. The van der Waals surface area contributed by atoms with Crippen molar-refractivity contribution in [3.63, 3.8) is 0 Å². The number of aromatic nitrogens is 3. The van der Waals surface area contributed by atoms with Gasteiger partial charge in [-0.2, -0.15) is 0 Å². The Morgan fingerprint density at radius 3 is 2.27 bits per heavy atom. The molecule has 3 rings (SSSR count). The third kappa shape index (κ3) is 4.73. The molecular formula is C20H22N4OS. The Hall–Kier alpha value is -2.60. The van der Waals surface area contributed by atoms with Crippen LogP contribution < -0.4 is 5.32 Å². The van der Waals surface area contributed by atoms with Gasteiger partial charge in [-0.1, -0.05) is 59.3 Å². The molecular weight excluding hydrogens is 344 g/mol. The van der Waals surface area contributed by atoms with E-state index >= 15 is 0 Å². The molecule has 2 aromatic carbocycles. The number of amides is 1. The first-order chi connectivity index (χ1) is 12.5. The Kier molecular flexibility index (Phi) is 5.73. The van der Waals surface area contributed by atoms with Crippen LogP contribution >= 0.6 is 11.8 Å². The van der Waals surface area contributed by atoms with Crippen LogP contribution in [-0.2, 0) is 24.0 Å². The summed E-state index contributed by atoms with van der Waals surface area (Å²) in [5, 5.41) is 12.1. The number of anilines is 1. The van der Waals surface area contributed by atoms with Crippen molar-refractivity contribution in [1.82, 2.24) is 14.8 Å². The molecule has 0 aliphatic heterocycles. The normalized spacial score (nSPS) is 10.7. The fraction of sp³-hybridized carbons (Fsp3) is 0.250. The Morgan fingerprint density at radius 2 is 1.62 bits per heavy atom. The van der Waals surface area contributed by atoms with Crippen LogP contribution in [-0.4, -0.2) is 20.7 Å². The van der Waals surface area contributed by atoms with Crippen molar-refractivity contribution in [3.8, 4) is 0 Å². The number of rotatable bonds is 6. The molecule has 0 aliphatic carbocycles. The zero-order chi connectivity index (χ0) is 18.5. The quantitative estimate of drug-likeness (QED) is 0.672. The molecule has 6 heteroatoms. The Balaban J connectivity index is 1.58. The van der Waals surface area contributed by atoms with Crippen molar-refractivity contribution >= 4 is 23.4 Å². The van der Waals surface area contributed by atoms with E-state index < -0.39 is 0 Å². The molecule has 1 amide bonds. The maximum Gasteiger partial charge on any atom is 0.232 e. The molecule has 134 valence electrons. The molecule has 0 radical (unpaired) electrons. The third-order valence-electron chi connectivity index (χ3n) is 4.07. The summed E-state index contributed by atoms with van der Waals surface area (Å²) in [6.07, 6.45) is 0.197. The topological polar surface area (TPSA) is 59.8 Å². The SMILES string of the molecule is Cc1ccc(CSc2nnc(CC(=O)Nc3ccc(C)cc3)n2C)cc1. The molecule has 5 nitrogen and oxygen atoms in total. The number of thioether (sulfide) groups is 1. The number of nitrogens with zero attached hydrogens (tertiary/aromatic N) is 3. The highest BCUT2D eigenvalue weighted by molar-refractivity contribution is 7.98. The van der Waals surface area contributed by atoms with Gasteiger partial charge in [0, 0.05) is 18.5 Å². The minimum absolute atomic E-state index is 0.0977. The predicted molar refractivity (Wildman–Crippen MR) is 105 cm³/mol. The van der Waals surface area contributed by atoms with Gasteiger partial charge in [0.1, 0.15) is 5.82 Å². The first kappa shape index (κ1) is 18.2. The largest absolute Gasteiger partial charge is 0.326 e. The molecule has 0 bridgehead atoms. The van der Waals surface area contributed by atoms with Gasteiger partial charge < -0.3 is 9.88 Å². The highest BCUT2D eigenvalue weighted by atomic mass is 32.2. The summed E-state index contributed by atoms with van der Waals surface area (Å²) in [5.74, 6) is 1.38. The van der Waals surface area contributed by atoms with Gasteiger partial charge in [0.2, 0.25) is 5.91 Å². The molecule has 0 fully saturated rings. The van der Waals surface area contributed by atoms with Crippen molar-refractivity contribution in [2.45, 2.75) is 31.2 Å². The van der Waals surface area contributed by atoms with Crippen molar-refractivity contribution in [1.29, 1.82) is 0 Å². The lowest BCUT2D eigenvalue weighted by Crippen LogP contribution is -2.17. The number of carbonyl (C=O) groups excluding carboxylic acids is 1. The average Bonchev–Trinajstić information content (AvgIpc) is 2.96. The smallest absolute Gasteiger partial charge is 0.232 e. The number of carbonyl (C=O) groups is 1. The van der Waals surface area contributed by atoms with E-state index in [4.69, 9.17) is 0 Å². The van der Waals surface area contributed by atoms with Gasteiger partial charge in [0.25, 0.3) is 0 Å². The molecule has 1 aromatic heterocycles. The number of hydrogen-bond donors (Lipinski definition) is 1. The first-order valence-corrected chi connectivity index (χ1v) is 9.43. The number of benzene rings is 2. The van der Waals surface area contributed by atoms with Gasteiger partial charge in [-0.25, -0.2) is 0 Å². The fourth-order valence-electron chi connectivity index (χ4n) is 2.44. The summed E-state index contributed by atoms with van der Waals surface area (Å²) in [6.45, 7) is 4.09. The van der Waals surface area contributed by atoms with Gasteiger partial charge in [-0.15, -0.1) is 10.2 Å². The van der Waals surface area contributed by atoms with Crippen LogP contribution in [0, 0.1) is 13.8 Å². The van der Waals surface area contributed by atoms with E-state index in [9.17, 15) is 4.79 Å². The van der Waals surface area contributed by atoms with E-state index in [1.165, 1.54) is 11.1 Å². The maximum atomic E-state index is 12.2. The van der Waals surface area contributed by atoms with Gasteiger partial charge in [0.05, 0.1) is 6.42 Å². The lowest BCUT2D eigenvalue weighted by atomic mass is 10.2. The summed E-state index contributed by atoms with van der Waals surface area (Å²) >= 11 is 1.62. The van der Waals surface area contributed by atoms with Crippen molar-refractivity contribution < 1.29 is 4.79 Å². The molecule has 0 saturated heterocycles. The second kappa shape index (κ2) is 8.19. The zero-order valence-electron chi connectivity index (χ0n) is 15.2. The van der Waals surface area contributed by atoms with E-state index in [0.717, 1.165) is 22.2 Å². The zero-order valence-corrected chi connectivity index (χ0v) is 16.0. The molecule has 26 heavy (non-hydrogen) atoms. The van der Waals surface area contributed by atoms with Crippen LogP contribution in [0.25, 0.3) is 0 Å². The molecule has 0 unspecified atom stereocenters. The van der Waals surface area contributed by atoms with E-state index in [-0.39, 0.29) is 12.3 Å². The summed E-state index contributed by atoms with van der Waals surface area (Å²) in [6, 6.07) is 16.2. The predicted octanol–water partition coefficient (Wildman–Crippen LogP) is 3.91. The van der Waals surface area contributed by atoms with Gasteiger partial charge in [-0.05, 0) is 31.5 Å². The highest BCUT2D eigenvalue weighted by Gasteiger charge is 2.13. The number of hydrogen-bond acceptors (Lipinski definition) is 4. The monoisotopic (exact) mass is 366 g/mol. The van der Waals surface area contributed by atoms with E-state index in [1.807, 2.05) is 42.8 Å². The van der Waals surface area contributed by atoms with Crippen molar-refractivity contribution in [2.24, 2.45) is 7.05 Å². The van der Waals surface area contributed by atoms with Crippen molar-refractivity contribution in [2.75, 3.05) is 5.32 Å². The molecule has 1 N–H and O–H groups in total. The second-order valence-corrected chi connectivity index (χ2v) is 7.27. The average molecular weight is 366 g/mol. The van der Waals surface area contributed by atoms with Crippen molar-refractivity contribution in [3.05, 3.63) is 71.0 Å². The minimum atomic E-state index is -0.0977. The lowest BCUT2D eigenvalue weighted by molar-refractivity contribution is -0.115. The molecule has 0 saturated carbocycles. The van der Waals surface area contributed by atoms with Crippen LogP contribution in [0.2, 0.25) is 0 Å². The molecule has 3 aromatic rings. The number of aryl methyl sites for hydroxylation is 2. The summed E-state index contributed by atoms with van der Waals surface area (Å²) < 4.78 is 1.88. The fourth-order valence-corrected chi connectivity index (χ4v) is 3.33. The Morgan fingerprint density at radius 1 is 1.00 bits per heavy atom. The summed E-state index contributed by atoms with van der Waals surface area (Å²) in [4.78, 5) is 12.2. The second-order valence-electron chi connectivity index (χ2n) is 6.32. The lowest BCUT2D eigenvalue weighted by Gasteiger charge is -2.06. The van der Waals surface area contributed by atoms with E-state index in [1.54, 1.807) is 11.8 Å². The van der Waals surface area contributed by atoms with Crippen LogP contribution in [0.5, 0.6) is 0 Å². The van der Waals surface area contributed by atoms with Gasteiger partial charge in [0.15, 0.2) is 5.16 Å². The third-order valence-corrected chi connectivity index (χ3v) is 5.16.